The highest BCUT2D eigenvalue weighted by Crippen LogP contribution is 2.19. The molecule has 4 N–H and O–H groups in total. The van der Waals surface area contributed by atoms with Gasteiger partial charge in [0.2, 0.25) is 5.91 Å². The third kappa shape index (κ3) is 56.4. The highest BCUT2D eigenvalue weighted by molar-refractivity contribution is 5.76. The molecule has 0 radical (unpaired) electrons. The minimum atomic E-state index is -0.748. The first-order valence-corrected chi connectivity index (χ1v) is 32.5. The molecule has 0 bridgehead atoms. The smallest absolute Gasteiger partial charge is 0.222 e. The number of nitrogens with one attached hydrogen (secondary N) is 1. The van der Waals surface area contributed by atoms with Gasteiger partial charge in [-0.2, -0.15) is 0 Å². The lowest BCUT2D eigenvalue weighted by Gasteiger charge is -2.23. The lowest BCUT2D eigenvalue weighted by molar-refractivity contribution is -0.125. The summed E-state index contributed by atoms with van der Waals surface area (Å²) < 4.78 is 0. The standard InChI is InChI=1S/C65H129NO4/c1-3-5-7-9-11-13-15-17-19-21-23-25-26-27-28-29-30-31-32-33-34-35-36-37-38-39-40-42-44-46-48-50-52-54-56-58-62(68)60-65(70)66-63(61-67)64(69)59-57-55-53-51-49-47-45-43-41-24-22-20-18-16-14-12-10-8-6-4-2/h31-32,62-64,67-69H,3-30,33-61H2,1-2H3,(H,66,70)/b32-31-. The summed E-state index contributed by atoms with van der Waals surface area (Å²) in [4.78, 5) is 12.6. The van der Waals surface area contributed by atoms with Crippen molar-refractivity contribution >= 4 is 5.91 Å². The topological polar surface area (TPSA) is 89.8 Å². The average molecular weight is 989 g/mol. The predicted octanol–water partition coefficient (Wildman–Crippen LogP) is 20.6. The Hall–Kier alpha value is -0.910. The summed E-state index contributed by atoms with van der Waals surface area (Å²) in [6.07, 6.45) is 77.0. The molecule has 0 aromatic heterocycles. The number of carbonyl (C=O) groups is 1. The molecule has 0 fully saturated rings. The fourth-order valence-corrected chi connectivity index (χ4v) is 10.6. The van der Waals surface area contributed by atoms with E-state index in [4.69, 9.17) is 0 Å². The molecule has 0 aliphatic carbocycles. The van der Waals surface area contributed by atoms with Gasteiger partial charge in [0.05, 0.1) is 31.3 Å². The zero-order valence-electron chi connectivity index (χ0n) is 47.9. The van der Waals surface area contributed by atoms with Crippen molar-refractivity contribution < 1.29 is 20.1 Å². The molecule has 0 heterocycles. The molecule has 0 aromatic rings. The van der Waals surface area contributed by atoms with Crippen LogP contribution in [0.15, 0.2) is 12.2 Å². The molecular formula is C65H129NO4. The van der Waals surface area contributed by atoms with Crippen LogP contribution in [0.25, 0.3) is 0 Å². The maximum absolute atomic E-state index is 12.6. The fourth-order valence-electron chi connectivity index (χ4n) is 10.6. The molecule has 70 heavy (non-hydrogen) atoms. The molecule has 5 heteroatoms. The van der Waals surface area contributed by atoms with Gasteiger partial charge in [-0.05, 0) is 38.5 Å². The van der Waals surface area contributed by atoms with Crippen LogP contribution in [-0.4, -0.2) is 46.1 Å². The van der Waals surface area contributed by atoms with Gasteiger partial charge in [-0.1, -0.05) is 341 Å². The van der Waals surface area contributed by atoms with Crippen molar-refractivity contribution in [2.45, 2.75) is 392 Å². The summed E-state index contributed by atoms with van der Waals surface area (Å²) in [6, 6.07) is -0.657. The van der Waals surface area contributed by atoms with E-state index in [1.807, 2.05) is 0 Å². The number of amides is 1. The van der Waals surface area contributed by atoms with Crippen molar-refractivity contribution in [1.29, 1.82) is 0 Å². The SMILES string of the molecule is CCCCCCCCCCCCCCCCCC/C=C\CCCCCCCCCCCCCCCCCC(O)CC(=O)NC(CO)C(O)CCCCCCCCCCCCCCCCCCCCCC. The van der Waals surface area contributed by atoms with Crippen LogP contribution in [0.4, 0.5) is 0 Å². The van der Waals surface area contributed by atoms with Gasteiger partial charge < -0.3 is 20.6 Å². The molecule has 0 aromatic carbocycles. The largest absolute Gasteiger partial charge is 0.394 e. The number of hydrogen-bond donors (Lipinski definition) is 4. The minimum absolute atomic E-state index is 0.0415. The van der Waals surface area contributed by atoms with Crippen LogP contribution >= 0.6 is 0 Å². The number of rotatable bonds is 61. The van der Waals surface area contributed by atoms with Crippen LogP contribution in [-0.2, 0) is 4.79 Å². The molecule has 0 saturated heterocycles. The average Bonchev–Trinajstić information content (AvgIpc) is 3.36. The van der Waals surface area contributed by atoms with Crippen molar-refractivity contribution in [3.05, 3.63) is 12.2 Å². The van der Waals surface area contributed by atoms with Gasteiger partial charge >= 0.3 is 0 Å². The third-order valence-electron chi connectivity index (χ3n) is 15.6. The molecule has 0 saturated carbocycles. The summed E-state index contributed by atoms with van der Waals surface area (Å²) in [5, 5.41) is 33.7. The Kier molecular flexibility index (Phi) is 59.9. The Morgan fingerprint density at radius 2 is 0.571 bits per heavy atom. The van der Waals surface area contributed by atoms with Crippen molar-refractivity contribution in [3.63, 3.8) is 0 Å². The molecule has 0 aliphatic heterocycles. The first-order chi connectivity index (χ1) is 34.5. The van der Waals surface area contributed by atoms with Gasteiger partial charge in [0, 0.05) is 0 Å². The van der Waals surface area contributed by atoms with Gasteiger partial charge in [-0.15, -0.1) is 0 Å². The second kappa shape index (κ2) is 60.6. The fraction of sp³-hybridized carbons (Fsp3) is 0.954. The van der Waals surface area contributed by atoms with Gasteiger partial charge in [0.25, 0.3) is 0 Å². The highest BCUT2D eigenvalue weighted by Gasteiger charge is 2.21. The third-order valence-corrected chi connectivity index (χ3v) is 15.6. The van der Waals surface area contributed by atoms with Crippen LogP contribution < -0.4 is 5.32 Å². The van der Waals surface area contributed by atoms with Crippen molar-refractivity contribution in [2.75, 3.05) is 6.61 Å². The van der Waals surface area contributed by atoms with Gasteiger partial charge in [0.1, 0.15) is 0 Å². The van der Waals surface area contributed by atoms with Gasteiger partial charge in [-0.25, -0.2) is 0 Å². The van der Waals surface area contributed by atoms with E-state index < -0.39 is 18.2 Å². The summed E-state index contributed by atoms with van der Waals surface area (Å²) in [7, 11) is 0. The van der Waals surface area contributed by atoms with Crippen LogP contribution in [0.2, 0.25) is 0 Å². The second-order valence-electron chi connectivity index (χ2n) is 22.7. The van der Waals surface area contributed by atoms with Crippen LogP contribution in [0.3, 0.4) is 0 Å². The maximum Gasteiger partial charge on any atom is 0.222 e. The Bertz CT molecular complexity index is 1000. The Labute approximate surface area is 440 Å². The molecule has 0 spiro atoms. The van der Waals surface area contributed by atoms with Crippen LogP contribution in [0.5, 0.6) is 0 Å². The molecule has 1 amide bonds. The first kappa shape index (κ1) is 69.1. The molecule has 418 valence electrons. The number of aliphatic hydroxyl groups is 3. The van der Waals surface area contributed by atoms with E-state index in [0.717, 1.165) is 25.7 Å². The van der Waals surface area contributed by atoms with Crippen molar-refractivity contribution in [3.8, 4) is 0 Å². The quantitative estimate of drug-likeness (QED) is 0.0361. The van der Waals surface area contributed by atoms with Gasteiger partial charge in [0.15, 0.2) is 0 Å². The normalized spacial score (nSPS) is 13.2. The number of allylic oxidation sites excluding steroid dienone is 2. The van der Waals surface area contributed by atoms with Gasteiger partial charge in [-0.3, -0.25) is 4.79 Å². The van der Waals surface area contributed by atoms with E-state index >= 15 is 0 Å². The summed E-state index contributed by atoms with van der Waals surface area (Å²) in [5.74, 6) is -0.275. The Morgan fingerprint density at radius 1 is 0.343 bits per heavy atom. The monoisotopic (exact) mass is 988 g/mol. The Balaban J connectivity index is 3.44. The molecule has 0 rings (SSSR count). The Morgan fingerprint density at radius 3 is 0.829 bits per heavy atom. The molecule has 3 atom stereocenters. The number of unbranched alkanes of at least 4 members (excludes halogenated alkanes) is 50. The number of hydrogen-bond acceptors (Lipinski definition) is 4. The lowest BCUT2D eigenvalue weighted by Crippen LogP contribution is -2.46. The molecule has 3 unspecified atom stereocenters. The van der Waals surface area contributed by atoms with E-state index in [2.05, 4.69) is 31.3 Å². The zero-order valence-corrected chi connectivity index (χ0v) is 47.9. The van der Waals surface area contributed by atoms with Crippen molar-refractivity contribution in [2.24, 2.45) is 0 Å². The summed E-state index contributed by atoms with van der Waals surface area (Å²) >= 11 is 0. The minimum Gasteiger partial charge on any atom is -0.394 e. The van der Waals surface area contributed by atoms with Crippen LogP contribution in [0.1, 0.15) is 373 Å². The predicted molar refractivity (Wildman–Crippen MR) is 310 cm³/mol. The second-order valence-corrected chi connectivity index (χ2v) is 22.7. The lowest BCUT2D eigenvalue weighted by atomic mass is 10.0. The van der Waals surface area contributed by atoms with E-state index in [9.17, 15) is 20.1 Å². The number of carbonyl (C=O) groups excluding carboxylic acids is 1. The summed E-state index contributed by atoms with van der Waals surface area (Å²) in [5.41, 5.74) is 0. The molecular weight excluding hydrogens is 859 g/mol. The first-order valence-electron chi connectivity index (χ1n) is 32.5. The van der Waals surface area contributed by atoms with E-state index in [1.165, 1.54) is 315 Å². The zero-order chi connectivity index (χ0) is 50.7. The van der Waals surface area contributed by atoms with Crippen LogP contribution in [0, 0.1) is 0 Å². The number of aliphatic hydroxyl groups excluding tert-OH is 3. The van der Waals surface area contributed by atoms with E-state index in [1.54, 1.807) is 0 Å². The highest BCUT2D eigenvalue weighted by atomic mass is 16.3. The van der Waals surface area contributed by atoms with E-state index in [0.29, 0.717) is 12.8 Å². The molecule has 0 aliphatic rings. The van der Waals surface area contributed by atoms with Crippen molar-refractivity contribution in [1.82, 2.24) is 5.32 Å². The van der Waals surface area contributed by atoms with E-state index in [-0.39, 0.29) is 18.9 Å². The molecule has 5 nitrogen and oxygen atoms in total. The maximum atomic E-state index is 12.6. The summed E-state index contributed by atoms with van der Waals surface area (Å²) in [6.45, 7) is 4.31.